The third-order valence-electron chi connectivity index (χ3n) is 3.91. The maximum atomic E-state index is 12.3. The molecule has 0 aliphatic rings. The minimum atomic E-state index is -3.93. The van der Waals surface area contributed by atoms with Crippen LogP contribution in [-0.2, 0) is 24.3 Å². The van der Waals surface area contributed by atoms with Crippen molar-refractivity contribution in [2.45, 2.75) is 17.9 Å². The van der Waals surface area contributed by atoms with Gasteiger partial charge in [-0.15, -0.1) is 0 Å². The maximum absolute atomic E-state index is 12.3. The topological polar surface area (TPSA) is 102 Å². The SMILES string of the molecule is COc1ccc(S(=O)(=O)N[C@@H](C)C(=O)OCC(=O)N(C)c2ccccc2)cc1. The van der Waals surface area contributed by atoms with Crippen LogP contribution in [0.4, 0.5) is 5.69 Å². The van der Waals surface area contributed by atoms with Crippen LogP contribution in [0.5, 0.6) is 5.75 Å². The second-order valence-electron chi connectivity index (χ2n) is 5.91. The Bertz CT molecular complexity index is 913. The number of likely N-dealkylation sites (N-methyl/N-ethyl adjacent to an activating group) is 1. The third-order valence-corrected chi connectivity index (χ3v) is 5.47. The van der Waals surface area contributed by atoms with Crippen LogP contribution >= 0.6 is 0 Å². The number of amides is 1. The molecule has 0 saturated heterocycles. The lowest BCUT2D eigenvalue weighted by Crippen LogP contribution is -2.41. The summed E-state index contributed by atoms with van der Waals surface area (Å²) in [6.45, 7) is 0.841. The van der Waals surface area contributed by atoms with Crippen LogP contribution in [0.15, 0.2) is 59.5 Å². The zero-order chi connectivity index (χ0) is 20.7. The lowest BCUT2D eigenvalue weighted by atomic mass is 10.3. The molecule has 0 heterocycles. The van der Waals surface area contributed by atoms with Gasteiger partial charge in [0.1, 0.15) is 11.8 Å². The first-order valence-electron chi connectivity index (χ1n) is 8.39. The molecular formula is C19H22N2O6S. The van der Waals surface area contributed by atoms with Gasteiger partial charge in [-0.2, -0.15) is 4.72 Å². The van der Waals surface area contributed by atoms with Gasteiger partial charge in [-0.05, 0) is 43.3 Å². The number of carbonyl (C=O) groups is 2. The number of nitrogens with zero attached hydrogens (tertiary/aromatic N) is 1. The lowest BCUT2D eigenvalue weighted by molar-refractivity contribution is -0.149. The molecule has 0 unspecified atom stereocenters. The number of anilines is 1. The Balaban J connectivity index is 1.92. The van der Waals surface area contributed by atoms with E-state index in [1.54, 1.807) is 31.3 Å². The van der Waals surface area contributed by atoms with Gasteiger partial charge in [0.25, 0.3) is 5.91 Å². The van der Waals surface area contributed by atoms with Gasteiger partial charge < -0.3 is 14.4 Å². The summed E-state index contributed by atoms with van der Waals surface area (Å²) >= 11 is 0. The van der Waals surface area contributed by atoms with Gasteiger partial charge in [0.15, 0.2) is 6.61 Å². The first kappa shape index (κ1) is 21.4. The number of rotatable bonds is 8. The number of esters is 1. The first-order valence-corrected chi connectivity index (χ1v) is 9.87. The van der Waals surface area contributed by atoms with Crippen molar-refractivity contribution in [2.24, 2.45) is 0 Å². The summed E-state index contributed by atoms with van der Waals surface area (Å²) in [4.78, 5) is 25.5. The van der Waals surface area contributed by atoms with E-state index < -0.39 is 34.5 Å². The number of nitrogens with one attached hydrogen (secondary N) is 1. The average molecular weight is 406 g/mol. The van der Waals surface area contributed by atoms with Crippen molar-refractivity contribution in [3.8, 4) is 5.75 Å². The molecule has 0 spiro atoms. The van der Waals surface area contributed by atoms with Gasteiger partial charge in [-0.3, -0.25) is 9.59 Å². The van der Waals surface area contributed by atoms with E-state index in [-0.39, 0.29) is 4.90 Å². The molecule has 0 aliphatic heterocycles. The standard InChI is InChI=1S/C19H22N2O6S/c1-14(20-28(24,25)17-11-9-16(26-3)10-12-17)19(23)27-13-18(22)21(2)15-7-5-4-6-8-15/h4-12,14,20H,13H2,1-3H3/t14-/m0/s1. The molecule has 28 heavy (non-hydrogen) atoms. The van der Waals surface area contributed by atoms with E-state index in [1.165, 1.54) is 43.2 Å². The smallest absolute Gasteiger partial charge is 0.324 e. The number of hydrogen-bond donors (Lipinski definition) is 1. The fourth-order valence-electron chi connectivity index (χ4n) is 2.25. The summed E-state index contributed by atoms with van der Waals surface area (Å²) < 4.78 is 36.8. The highest BCUT2D eigenvalue weighted by atomic mass is 32.2. The highest BCUT2D eigenvalue weighted by molar-refractivity contribution is 7.89. The summed E-state index contributed by atoms with van der Waals surface area (Å²) in [6, 6.07) is 13.4. The van der Waals surface area contributed by atoms with Gasteiger partial charge in [0.05, 0.1) is 12.0 Å². The van der Waals surface area contributed by atoms with Crippen molar-refractivity contribution in [3.63, 3.8) is 0 Å². The summed E-state index contributed by atoms with van der Waals surface area (Å²) in [5, 5.41) is 0. The molecule has 1 amide bonds. The Morgan fingerprint density at radius 3 is 2.25 bits per heavy atom. The molecule has 150 valence electrons. The summed E-state index contributed by atoms with van der Waals surface area (Å²) in [6.07, 6.45) is 0. The van der Waals surface area contributed by atoms with Crippen LogP contribution in [0.25, 0.3) is 0 Å². The summed E-state index contributed by atoms with van der Waals surface area (Å²) in [5.74, 6) is -0.788. The number of sulfonamides is 1. The molecule has 9 heteroatoms. The van der Waals surface area contributed by atoms with Gasteiger partial charge >= 0.3 is 5.97 Å². The molecule has 0 fully saturated rings. The predicted molar refractivity (Wildman–Crippen MR) is 104 cm³/mol. The predicted octanol–water partition coefficient (Wildman–Crippen LogP) is 1.57. The van der Waals surface area contributed by atoms with E-state index >= 15 is 0 Å². The van der Waals surface area contributed by atoms with Gasteiger partial charge in [0, 0.05) is 12.7 Å². The zero-order valence-corrected chi connectivity index (χ0v) is 16.6. The Kier molecular flexibility index (Phi) is 7.13. The number of carbonyl (C=O) groups excluding carboxylic acids is 2. The van der Waals surface area contributed by atoms with Crippen LogP contribution < -0.4 is 14.4 Å². The van der Waals surface area contributed by atoms with Crippen molar-refractivity contribution in [3.05, 3.63) is 54.6 Å². The lowest BCUT2D eigenvalue weighted by Gasteiger charge is -2.18. The Labute approximate surface area is 164 Å². The Morgan fingerprint density at radius 2 is 1.68 bits per heavy atom. The van der Waals surface area contributed by atoms with Gasteiger partial charge in [-0.25, -0.2) is 8.42 Å². The van der Waals surface area contributed by atoms with Crippen molar-refractivity contribution >= 4 is 27.6 Å². The average Bonchev–Trinajstić information content (AvgIpc) is 2.71. The molecule has 8 nitrogen and oxygen atoms in total. The molecule has 1 atom stereocenters. The molecule has 2 rings (SSSR count). The third kappa shape index (κ3) is 5.54. The molecular weight excluding hydrogens is 384 g/mol. The van der Waals surface area contributed by atoms with Crippen LogP contribution in [0.1, 0.15) is 6.92 Å². The van der Waals surface area contributed by atoms with E-state index in [2.05, 4.69) is 4.72 Å². The normalized spacial score (nSPS) is 12.1. The van der Waals surface area contributed by atoms with Crippen molar-refractivity contribution in [1.29, 1.82) is 0 Å². The second kappa shape index (κ2) is 9.34. The fourth-order valence-corrected chi connectivity index (χ4v) is 3.45. The molecule has 2 aromatic rings. The number of methoxy groups -OCH3 is 1. The van der Waals surface area contributed by atoms with E-state index in [4.69, 9.17) is 9.47 Å². The molecule has 0 aliphatic carbocycles. The first-order chi connectivity index (χ1) is 13.2. The summed E-state index contributed by atoms with van der Waals surface area (Å²) in [7, 11) is -0.904. The van der Waals surface area contributed by atoms with E-state index in [0.29, 0.717) is 11.4 Å². The highest BCUT2D eigenvalue weighted by Crippen LogP contribution is 2.16. The minimum Gasteiger partial charge on any atom is -0.497 e. The fraction of sp³-hybridized carbons (Fsp3) is 0.263. The highest BCUT2D eigenvalue weighted by Gasteiger charge is 2.24. The number of hydrogen-bond acceptors (Lipinski definition) is 6. The number of ether oxygens (including phenoxy) is 2. The van der Waals surface area contributed by atoms with Gasteiger partial charge in [0.2, 0.25) is 10.0 Å². The van der Waals surface area contributed by atoms with Crippen LogP contribution in [0, 0.1) is 0 Å². The molecule has 0 radical (unpaired) electrons. The molecule has 0 bridgehead atoms. The molecule has 2 aromatic carbocycles. The van der Waals surface area contributed by atoms with Crippen LogP contribution in [-0.4, -0.2) is 47.1 Å². The monoisotopic (exact) mass is 406 g/mol. The summed E-state index contributed by atoms with van der Waals surface area (Å²) in [5.41, 5.74) is 0.650. The molecule has 0 saturated carbocycles. The Hall–Kier alpha value is -2.91. The van der Waals surface area contributed by atoms with Crippen LogP contribution in [0.3, 0.4) is 0 Å². The second-order valence-corrected chi connectivity index (χ2v) is 7.63. The number of benzene rings is 2. The number of para-hydroxylation sites is 1. The zero-order valence-electron chi connectivity index (χ0n) is 15.8. The molecule has 0 aromatic heterocycles. The van der Waals surface area contributed by atoms with Crippen molar-refractivity contribution in [2.75, 3.05) is 25.7 Å². The van der Waals surface area contributed by atoms with E-state index in [1.807, 2.05) is 6.07 Å². The van der Waals surface area contributed by atoms with Crippen molar-refractivity contribution < 1.29 is 27.5 Å². The Morgan fingerprint density at radius 1 is 1.07 bits per heavy atom. The maximum Gasteiger partial charge on any atom is 0.324 e. The van der Waals surface area contributed by atoms with E-state index in [9.17, 15) is 18.0 Å². The molecule has 1 N–H and O–H groups in total. The van der Waals surface area contributed by atoms with Crippen molar-refractivity contribution in [1.82, 2.24) is 4.72 Å². The quantitative estimate of drug-likeness (QED) is 0.668. The van der Waals surface area contributed by atoms with Crippen LogP contribution in [0.2, 0.25) is 0 Å². The van der Waals surface area contributed by atoms with E-state index in [0.717, 1.165) is 0 Å². The van der Waals surface area contributed by atoms with Gasteiger partial charge in [-0.1, -0.05) is 18.2 Å². The largest absolute Gasteiger partial charge is 0.497 e. The minimum absolute atomic E-state index is 0.0205.